The van der Waals surface area contributed by atoms with E-state index in [0.717, 1.165) is 6.42 Å². The Morgan fingerprint density at radius 1 is 1.31 bits per heavy atom. The summed E-state index contributed by atoms with van der Waals surface area (Å²) in [6, 6.07) is 0. The third-order valence-corrected chi connectivity index (χ3v) is 2.70. The number of carbonyl (C=O) groups is 1. The highest BCUT2D eigenvalue weighted by atomic mass is 16.1. The molecule has 0 saturated heterocycles. The van der Waals surface area contributed by atoms with E-state index in [9.17, 15) is 4.79 Å². The summed E-state index contributed by atoms with van der Waals surface area (Å²) < 4.78 is 0. The number of hydrogen-bond donors (Lipinski definition) is 0. The Morgan fingerprint density at radius 2 is 2.08 bits per heavy atom. The van der Waals surface area contributed by atoms with Crippen molar-refractivity contribution in [3.63, 3.8) is 0 Å². The van der Waals surface area contributed by atoms with Crippen molar-refractivity contribution in [3.8, 4) is 0 Å². The van der Waals surface area contributed by atoms with E-state index in [2.05, 4.69) is 13.0 Å². The Hall–Kier alpha value is -0.590. The summed E-state index contributed by atoms with van der Waals surface area (Å²) >= 11 is 0. The molecule has 1 nitrogen and oxygen atoms in total. The van der Waals surface area contributed by atoms with Gasteiger partial charge in [0.25, 0.3) is 0 Å². The van der Waals surface area contributed by atoms with Gasteiger partial charge in [0.1, 0.15) is 0 Å². The van der Waals surface area contributed by atoms with Gasteiger partial charge in [-0.3, -0.25) is 4.79 Å². The minimum atomic E-state index is 0.318. The Bertz CT molecular complexity index is 182. The predicted octanol–water partition coefficient (Wildman–Crippen LogP) is 3.49. The van der Waals surface area contributed by atoms with E-state index in [0.29, 0.717) is 11.7 Å². The minimum absolute atomic E-state index is 0.318. The first-order chi connectivity index (χ1) is 6.33. The quantitative estimate of drug-likeness (QED) is 0.572. The molecule has 0 aliphatic heterocycles. The zero-order valence-electron chi connectivity index (χ0n) is 8.59. The molecule has 74 valence electrons. The Balaban J connectivity index is 1.95. The molecule has 0 fully saturated rings. The minimum Gasteiger partial charge on any atom is -0.295 e. The summed E-state index contributed by atoms with van der Waals surface area (Å²) in [5, 5.41) is 0. The topological polar surface area (TPSA) is 17.1 Å². The molecule has 0 amide bonds. The van der Waals surface area contributed by atoms with Crippen LogP contribution in [0.2, 0.25) is 0 Å². The molecule has 0 aromatic rings. The summed E-state index contributed by atoms with van der Waals surface area (Å²) in [7, 11) is 0. The lowest BCUT2D eigenvalue weighted by Gasteiger charge is -2.05. The summed E-state index contributed by atoms with van der Waals surface area (Å²) in [4.78, 5) is 10.9. The summed E-state index contributed by atoms with van der Waals surface area (Å²) in [5.74, 6) is 0.882. The van der Waals surface area contributed by atoms with E-state index in [1.807, 2.05) is 0 Å². The van der Waals surface area contributed by atoms with Gasteiger partial charge in [-0.05, 0) is 18.4 Å². The molecule has 0 aromatic heterocycles. The molecule has 1 aliphatic rings. The van der Waals surface area contributed by atoms with E-state index in [1.54, 1.807) is 6.08 Å². The highest BCUT2D eigenvalue weighted by Crippen LogP contribution is 2.21. The van der Waals surface area contributed by atoms with Crippen molar-refractivity contribution in [1.82, 2.24) is 0 Å². The maximum absolute atomic E-state index is 10.9. The zero-order valence-corrected chi connectivity index (χ0v) is 8.59. The van der Waals surface area contributed by atoms with Gasteiger partial charge >= 0.3 is 0 Å². The number of unbranched alkanes of at least 4 members (excludes halogenated alkanes) is 4. The van der Waals surface area contributed by atoms with Crippen LogP contribution in [0.3, 0.4) is 0 Å². The van der Waals surface area contributed by atoms with Crippen molar-refractivity contribution in [2.75, 3.05) is 0 Å². The lowest BCUT2D eigenvalue weighted by molar-refractivity contribution is -0.114. The zero-order chi connectivity index (χ0) is 9.52. The predicted molar refractivity (Wildman–Crippen MR) is 55.6 cm³/mol. The molecule has 0 N–H and O–H groups in total. The van der Waals surface area contributed by atoms with Gasteiger partial charge in [0.05, 0.1) is 0 Å². The van der Waals surface area contributed by atoms with Crippen molar-refractivity contribution in [2.45, 2.75) is 51.9 Å². The fourth-order valence-corrected chi connectivity index (χ4v) is 1.85. The number of hydrogen-bond acceptors (Lipinski definition) is 1. The Kier molecular flexibility index (Phi) is 4.81. The summed E-state index contributed by atoms with van der Waals surface area (Å²) in [6.07, 6.45) is 12.5. The largest absolute Gasteiger partial charge is 0.295 e. The van der Waals surface area contributed by atoms with Crippen LogP contribution in [0.4, 0.5) is 0 Å². The molecule has 0 saturated carbocycles. The second-order valence-corrected chi connectivity index (χ2v) is 3.99. The first kappa shape index (κ1) is 10.5. The second-order valence-electron chi connectivity index (χ2n) is 3.99. The van der Waals surface area contributed by atoms with Crippen molar-refractivity contribution < 1.29 is 4.79 Å². The summed E-state index contributed by atoms with van der Waals surface area (Å²) in [5.41, 5.74) is 0. The average molecular weight is 180 g/mol. The highest BCUT2D eigenvalue weighted by Gasteiger charge is 2.14. The molecule has 1 rings (SSSR count). The van der Waals surface area contributed by atoms with E-state index >= 15 is 0 Å². The van der Waals surface area contributed by atoms with E-state index in [-0.39, 0.29) is 0 Å². The molecule has 0 bridgehead atoms. The summed E-state index contributed by atoms with van der Waals surface area (Å²) in [6.45, 7) is 2.23. The van der Waals surface area contributed by atoms with E-state index < -0.39 is 0 Å². The maximum Gasteiger partial charge on any atom is 0.155 e. The fraction of sp³-hybridized carbons (Fsp3) is 0.750. The molecule has 0 aromatic carbocycles. The van der Waals surface area contributed by atoms with Gasteiger partial charge in [0, 0.05) is 6.42 Å². The number of carbonyl (C=O) groups excluding carboxylic acids is 1. The van der Waals surface area contributed by atoms with Gasteiger partial charge in [-0.1, -0.05) is 45.1 Å². The van der Waals surface area contributed by atoms with Crippen LogP contribution in [-0.4, -0.2) is 5.78 Å². The van der Waals surface area contributed by atoms with Crippen LogP contribution in [0, 0.1) is 5.92 Å². The average Bonchev–Trinajstić information content (AvgIpc) is 2.51. The van der Waals surface area contributed by atoms with Crippen molar-refractivity contribution in [1.29, 1.82) is 0 Å². The van der Waals surface area contributed by atoms with Crippen LogP contribution in [0.15, 0.2) is 12.2 Å². The van der Waals surface area contributed by atoms with Crippen molar-refractivity contribution >= 4 is 5.78 Å². The SMILES string of the molecule is CCCCCCC[C@@H]1C=CC(=O)C1. The lowest BCUT2D eigenvalue weighted by Crippen LogP contribution is -1.96. The smallest absolute Gasteiger partial charge is 0.155 e. The van der Waals surface area contributed by atoms with Crippen LogP contribution in [-0.2, 0) is 4.79 Å². The molecular formula is C12H20O. The van der Waals surface area contributed by atoms with Gasteiger partial charge in [-0.2, -0.15) is 0 Å². The molecule has 0 radical (unpaired) electrons. The molecular weight excluding hydrogens is 160 g/mol. The monoisotopic (exact) mass is 180 g/mol. The Labute approximate surface area is 81.2 Å². The number of rotatable bonds is 6. The second kappa shape index (κ2) is 5.95. The maximum atomic E-state index is 10.9. The molecule has 0 unspecified atom stereocenters. The number of ketones is 1. The van der Waals surface area contributed by atoms with Crippen LogP contribution in [0.25, 0.3) is 0 Å². The fourth-order valence-electron chi connectivity index (χ4n) is 1.85. The molecule has 1 atom stereocenters. The van der Waals surface area contributed by atoms with Crippen LogP contribution in [0.5, 0.6) is 0 Å². The highest BCUT2D eigenvalue weighted by molar-refractivity contribution is 5.92. The normalized spacial score (nSPS) is 21.3. The third-order valence-electron chi connectivity index (χ3n) is 2.70. The van der Waals surface area contributed by atoms with Gasteiger partial charge in [-0.25, -0.2) is 0 Å². The first-order valence-electron chi connectivity index (χ1n) is 5.54. The van der Waals surface area contributed by atoms with E-state index in [1.165, 1.54) is 38.5 Å². The van der Waals surface area contributed by atoms with Gasteiger partial charge < -0.3 is 0 Å². The lowest BCUT2D eigenvalue weighted by atomic mass is 10.00. The standard InChI is InChI=1S/C12H20O/c1-2-3-4-5-6-7-11-8-9-12(13)10-11/h8-9,11H,2-7,10H2,1H3/t11-/m1/s1. The molecule has 1 aliphatic carbocycles. The Morgan fingerprint density at radius 3 is 2.69 bits per heavy atom. The van der Waals surface area contributed by atoms with Gasteiger partial charge in [0.2, 0.25) is 0 Å². The first-order valence-corrected chi connectivity index (χ1v) is 5.54. The molecule has 0 spiro atoms. The van der Waals surface area contributed by atoms with Crippen LogP contribution in [0.1, 0.15) is 51.9 Å². The molecule has 0 heterocycles. The van der Waals surface area contributed by atoms with Crippen LogP contribution < -0.4 is 0 Å². The van der Waals surface area contributed by atoms with E-state index in [4.69, 9.17) is 0 Å². The molecule has 1 heteroatoms. The molecule has 13 heavy (non-hydrogen) atoms. The van der Waals surface area contributed by atoms with Crippen molar-refractivity contribution in [2.24, 2.45) is 5.92 Å². The van der Waals surface area contributed by atoms with Crippen molar-refractivity contribution in [3.05, 3.63) is 12.2 Å². The van der Waals surface area contributed by atoms with Crippen LogP contribution >= 0.6 is 0 Å². The third kappa shape index (κ3) is 4.25. The van der Waals surface area contributed by atoms with Gasteiger partial charge in [-0.15, -0.1) is 0 Å². The number of allylic oxidation sites excluding steroid dienone is 2. The van der Waals surface area contributed by atoms with Gasteiger partial charge in [0.15, 0.2) is 5.78 Å².